The minimum atomic E-state index is -0.262. The highest BCUT2D eigenvalue weighted by Crippen LogP contribution is 2.29. The molecule has 24 heavy (non-hydrogen) atoms. The van der Waals surface area contributed by atoms with Crippen molar-refractivity contribution < 1.29 is 14.3 Å². The van der Waals surface area contributed by atoms with Gasteiger partial charge in [0.1, 0.15) is 22.8 Å². The molecule has 0 bridgehead atoms. The number of fused-ring (bicyclic) bond motifs is 1. The van der Waals surface area contributed by atoms with Crippen molar-refractivity contribution in [2.75, 3.05) is 19.5 Å². The molecule has 6 nitrogen and oxygen atoms in total. The van der Waals surface area contributed by atoms with E-state index in [-0.39, 0.29) is 5.91 Å². The Morgan fingerprint density at radius 1 is 1.21 bits per heavy atom. The largest absolute Gasteiger partial charge is 0.497 e. The van der Waals surface area contributed by atoms with E-state index in [4.69, 9.17) is 9.47 Å². The molecule has 0 aliphatic heterocycles. The third-order valence-electron chi connectivity index (χ3n) is 3.63. The van der Waals surface area contributed by atoms with Crippen LogP contribution >= 0.6 is 15.9 Å². The van der Waals surface area contributed by atoms with Crippen LogP contribution in [-0.2, 0) is 0 Å². The van der Waals surface area contributed by atoms with Crippen molar-refractivity contribution in [3.05, 3.63) is 52.4 Å². The highest BCUT2D eigenvalue weighted by molar-refractivity contribution is 9.10. The zero-order chi connectivity index (χ0) is 17.3. The van der Waals surface area contributed by atoms with E-state index in [0.717, 1.165) is 4.47 Å². The molecule has 0 spiro atoms. The van der Waals surface area contributed by atoms with E-state index in [9.17, 15) is 4.79 Å². The summed E-state index contributed by atoms with van der Waals surface area (Å²) in [5, 5.41) is 2.87. The topological polar surface area (TPSA) is 64.9 Å². The van der Waals surface area contributed by atoms with Gasteiger partial charge in [-0.25, -0.2) is 4.98 Å². The average molecular weight is 390 g/mol. The molecule has 0 unspecified atom stereocenters. The molecule has 0 saturated heterocycles. The summed E-state index contributed by atoms with van der Waals surface area (Å²) >= 11 is 3.42. The fourth-order valence-electron chi connectivity index (χ4n) is 2.49. The van der Waals surface area contributed by atoms with Gasteiger partial charge in [0.2, 0.25) is 0 Å². The summed E-state index contributed by atoms with van der Waals surface area (Å²) in [4.78, 5) is 17.2. The van der Waals surface area contributed by atoms with Gasteiger partial charge in [-0.15, -0.1) is 0 Å². The third kappa shape index (κ3) is 2.94. The predicted molar refractivity (Wildman–Crippen MR) is 95.1 cm³/mol. The van der Waals surface area contributed by atoms with Crippen LogP contribution in [0.25, 0.3) is 5.65 Å². The van der Waals surface area contributed by atoms with Gasteiger partial charge in [0.05, 0.1) is 25.6 Å². The van der Waals surface area contributed by atoms with Crippen molar-refractivity contribution in [3.63, 3.8) is 0 Å². The van der Waals surface area contributed by atoms with Crippen LogP contribution in [0.1, 0.15) is 16.2 Å². The number of carbonyl (C=O) groups is 1. The summed E-state index contributed by atoms with van der Waals surface area (Å²) < 4.78 is 13.1. The van der Waals surface area contributed by atoms with E-state index >= 15 is 0 Å². The van der Waals surface area contributed by atoms with E-state index in [1.807, 2.05) is 18.3 Å². The van der Waals surface area contributed by atoms with Gasteiger partial charge < -0.3 is 14.8 Å². The number of methoxy groups -OCH3 is 2. The fourth-order valence-corrected chi connectivity index (χ4v) is 2.83. The van der Waals surface area contributed by atoms with Gasteiger partial charge in [0.25, 0.3) is 5.91 Å². The van der Waals surface area contributed by atoms with Crippen LogP contribution in [-0.4, -0.2) is 29.5 Å². The normalized spacial score (nSPS) is 10.7. The number of hydrogen-bond donors (Lipinski definition) is 1. The van der Waals surface area contributed by atoms with Crippen molar-refractivity contribution in [1.29, 1.82) is 0 Å². The number of rotatable bonds is 4. The number of pyridine rings is 1. The number of benzene rings is 1. The summed E-state index contributed by atoms with van der Waals surface area (Å²) in [6, 6.07) is 8.95. The SMILES string of the molecule is COc1ccc(NC(=O)c2c(C)nc3ccc(Br)cn23)c(OC)c1. The van der Waals surface area contributed by atoms with Crippen LogP contribution in [0.3, 0.4) is 0 Å². The number of amides is 1. The molecule has 0 fully saturated rings. The molecule has 0 radical (unpaired) electrons. The Kier molecular flexibility index (Phi) is 4.44. The number of hydrogen-bond acceptors (Lipinski definition) is 4. The summed E-state index contributed by atoms with van der Waals surface area (Å²) in [5.74, 6) is 0.914. The maximum absolute atomic E-state index is 12.8. The fraction of sp³-hybridized carbons (Fsp3) is 0.176. The van der Waals surface area contributed by atoms with Crippen LogP contribution in [0.4, 0.5) is 5.69 Å². The molecule has 0 aliphatic carbocycles. The molecule has 7 heteroatoms. The Balaban J connectivity index is 1.99. The number of ether oxygens (including phenoxy) is 2. The third-order valence-corrected chi connectivity index (χ3v) is 4.10. The van der Waals surface area contributed by atoms with E-state index < -0.39 is 0 Å². The van der Waals surface area contributed by atoms with Crippen molar-refractivity contribution in [3.8, 4) is 11.5 Å². The van der Waals surface area contributed by atoms with Crippen LogP contribution < -0.4 is 14.8 Å². The molecule has 3 aromatic rings. The predicted octanol–water partition coefficient (Wildman–Crippen LogP) is 3.67. The molecule has 3 rings (SSSR count). The molecule has 1 N–H and O–H groups in total. The van der Waals surface area contributed by atoms with E-state index in [0.29, 0.717) is 34.2 Å². The second kappa shape index (κ2) is 6.52. The first kappa shape index (κ1) is 16.3. The van der Waals surface area contributed by atoms with Gasteiger partial charge in [-0.1, -0.05) is 0 Å². The number of imidazole rings is 1. The van der Waals surface area contributed by atoms with Crippen molar-refractivity contribution in [2.45, 2.75) is 6.92 Å². The van der Waals surface area contributed by atoms with E-state index in [1.165, 1.54) is 0 Å². The number of carbonyl (C=O) groups excluding carboxylic acids is 1. The van der Waals surface area contributed by atoms with Gasteiger partial charge in [-0.05, 0) is 47.1 Å². The molecule has 2 aromatic heterocycles. The van der Waals surface area contributed by atoms with E-state index in [2.05, 4.69) is 26.2 Å². The van der Waals surface area contributed by atoms with Gasteiger partial charge in [-0.2, -0.15) is 0 Å². The van der Waals surface area contributed by atoms with Crippen molar-refractivity contribution >= 4 is 33.2 Å². The lowest BCUT2D eigenvalue weighted by molar-refractivity contribution is 0.102. The highest BCUT2D eigenvalue weighted by Gasteiger charge is 2.18. The molecule has 2 heterocycles. The zero-order valence-corrected chi connectivity index (χ0v) is 15.0. The Bertz CT molecular complexity index is 921. The number of halogens is 1. The lowest BCUT2D eigenvalue weighted by Crippen LogP contribution is -2.16. The molecule has 124 valence electrons. The standard InChI is InChI=1S/C17H16BrN3O3/c1-10-16(21-9-11(18)4-7-15(21)19-10)17(22)20-13-6-5-12(23-2)8-14(13)24-3/h4-9H,1-3H3,(H,20,22). The smallest absolute Gasteiger partial charge is 0.274 e. The second-order valence-corrected chi connectivity index (χ2v) is 6.06. The highest BCUT2D eigenvalue weighted by atomic mass is 79.9. The zero-order valence-electron chi connectivity index (χ0n) is 13.5. The van der Waals surface area contributed by atoms with Crippen LogP contribution in [0.5, 0.6) is 11.5 Å². The van der Waals surface area contributed by atoms with Gasteiger partial charge in [0, 0.05) is 16.7 Å². The number of aromatic nitrogens is 2. The molecule has 1 aromatic carbocycles. The Morgan fingerprint density at radius 2 is 2.00 bits per heavy atom. The van der Waals surface area contributed by atoms with Gasteiger partial charge >= 0.3 is 0 Å². The molecule has 1 amide bonds. The molecular formula is C17H16BrN3O3. The van der Waals surface area contributed by atoms with Crippen LogP contribution in [0, 0.1) is 6.92 Å². The molecule has 0 saturated carbocycles. The number of nitrogens with zero attached hydrogens (tertiary/aromatic N) is 2. The Labute approximate surface area is 147 Å². The maximum atomic E-state index is 12.8. The monoisotopic (exact) mass is 389 g/mol. The van der Waals surface area contributed by atoms with Crippen LogP contribution in [0.2, 0.25) is 0 Å². The minimum Gasteiger partial charge on any atom is -0.497 e. The van der Waals surface area contributed by atoms with Gasteiger partial charge in [0.15, 0.2) is 0 Å². The summed E-state index contributed by atoms with van der Waals surface area (Å²) in [6.07, 6.45) is 1.81. The first-order valence-corrected chi connectivity index (χ1v) is 8.00. The van der Waals surface area contributed by atoms with E-state index in [1.54, 1.807) is 43.7 Å². The Morgan fingerprint density at radius 3 is 2.71 bits per heavy atom. The average Bonchev–Trinajstić information content (AvgIpc) is 2.90. The number of aryl methyl sites for hydroxylation is 1. The minimum absolute atomic E-state index is 0.262. The first-order chi connectivity index (χ1) is 11.5. The first-order valence-electron chi connectivity index (χ1n) is 7.21. The second-order valence-electron chi connectivity index (χ2n) is 5.14. The quantitative estimate of drug-likeness (QED) is 0.738. The molecular weight excluding hydrogens is 374 g/mol. The molecule has 0 aliphatic rings. The summed E-state index contributed by atoms with van der Waals surface area (Å²) in [6.45, 7) is 1.81. The van der Waals surface area contributed by atoms with Gasteiger partial charge in [-0.3, -0.25) is 9.20 Å². The van der Waals surface area contributed by atoms with Crippen LogP contribution in [0.15, 0.2) is 41.0 Å². The molecule has 0 atom stereocenters. The Hall–Kier alpha value is -2.54. The van der Waals surface area contributed by atoms with Crippen molar-refractivity contribution in [2.24, 2.45) is 0 Å². The maximum Gasteiger partial charge on any atom is 0.274 e. The summed E-state index contributed by atoms with van der Waals surface area (Å²) in [5.41, 5.74) is 2.40. The lowest BCUT2D eigenvalue weighted by atomic mass is 10.2. The number of anilines is 1. The summed E-state index contributed by atoms with van der Waals surface area (Å²) in [7, 11) is 3.12. The van der Waals surface area contributed by atoms with Crippen molar-refractivity contribution in [1.82, 2.24) is 9.38 Å². The lowest BCUT2D eigenvalue weighted by Gasteiger charge is -2.12. The number of nitrogens with one attached hydrogen (secondary N) is 1.